The average Bonchev–Trinajstić information content (AvgIpc) is 3.07. The van der Waals surface area contributed by atoms with E-state index in [-0.39, 0.29) is 30.6 Å². The molecule has 1 N–H and O–H groups in total. The van der Waals surface area contributed by atoms with Gasteiger partial charge in [0.2, 0.25) is 5.91 Å². The second-order valence-electron chi connectivity index (χ2n) is 6.00. The second-order valence-corrected chi connectivity index (χ2v) is 6.00. The van der Waals surface area contributed by atoms with Crippen LogP contribution in [0.3, 0.4) is 0 Å². The first-order valence-corrected chi connectivity index (χ1v) is 7.70. The number of carbonyl (C=O) groups is 2. The Hall–Kier alpha value is -2.28. The molecule has 7 heteroatoms. The van der Waals surface area contributed by atoms with Gasteiger partial charge in [0.15, 0.2) is 5.58 Å². The molecule has 2 atom stereocenters. The lowest BCUT2D eigenvalue weighted by Crippen LogP contribution is -2.51. The minimum absolute atomic E-state index is 0.0122. The molecule has 2 unspecified atom stereocenters. The van der Waals surface area contributed by atoms with Crippen LogP contribution in [-0.4, -0.2) is 53.1 Å². The highest BCUT2D eigenvalue weighted by Crippen LogP contribution is 2.19. The van der Waals surface area contributed by atoms with Gasteiger partial charge in [-0.15, -0.1) is 0 Å². The number of rotatable bonds is 3. The van der Waals surface area contributed by atoms with Crippen LogP contribution in [0.4, 0.5) is 0 Å². The Morgan fingerprint density at radius 3 is 2.65 bits per heavy atom. The minimum atomic E-state index is -0.290. The number of nitrogens with zero attached hydrogens (tertiary/aromatic N) is 2. The predicted octanol–water partition coefficient (Wildman–Crippen LogP) is 1.14. The topological polar surface area (TPSA) is 76.7 Å². The van der Waals surface area contributed by atoms with Gasteiger partial charge in [-0.1, -0.05) is 0 Å². The molecule has 3 heterocycles. The first kappa shape index (κ1) is 15.6. The maximum atomic E-state index is 12.3. The van der Waals surface area contributed by atoms with Crippen molar-refractivity contribution >= 4 is 22.9 Å². The average molecular weight is 319 g/mol. The number of morpholine rings is 1. The van der Waals surface area contributed by atoms with Crippen molar-refractivity contribution in [1.82, 2.24) is 14.8 Å². The Morgan fingerprint density at radius 2 is 2.00 bits per heavy atom. The van der Waals surface area contributed by atoms with Crippen LogP contribution in [0.2, 0.25) is 0 Å². The van der Waals surface area contributed by atoms with Gasteiger partial charge in [-0.3, -0.25) is 9.59 Å². The van der Waals surface area contributed by atoms with E-state index in [1.807, 2.05) is 13.8 Å². The number of nitrogens with one attached hydrogen (secondary N) is 1. The van der Waals surface area contributed by atoms with E-state index in [2.05, 4.69) is 5.32 Å². The molecule has 3 rings (SSSR count). The van der Waals surface area contributed by atoms with Gasteiger partial charge in [0, 0.05) is 32.3 Å². The summed E-state index contributed by atoms with van der Waals surface area (Å²) >= 11 is 0. The van der Waals surface area contributed by atoms with Crippen LogP contribution >= 0.6 is 0 Å². The zero-order valence-electron chi connectivity index (χ0n) is 13.5. The van der Waals surface area contributed by atoms with Crippen LogP contribution in [0.25, 0.3) is 11.1 Å². The van der Waals surface area contributed by atoms with E-state index in [9.17, 15) is 9.59 Å². The summed E-state index contributed by atoms with van der Waals surface area (Å²) in [5.41, 5.74) is 1.97. The van der Waals surface area contributed by atoms with Gasteiger partial charge in [0.25, 0.3) is 5.91 Å². The number of carbonyl (C=O) groups excluding carboxylic acids is 2. The summed E-state index contributed by atoms with van der Waals surface area (Å²) in [5, 5.41) is 2.68. The van der Waals surface area contributed by atoms with E-state index >= 15 is 0 Å². The van der Waals surface area contributed by atoms with Crippen LogP contribution in [0.1, 0.15) is 24.3 Å². The van der Waals surface area contributed by atoms with E-state index in [1.165, 1.54) is 0 Å². The van der Waals surface area contributed by atoms with Crippen LogP contribution in [0.5, 0.6) is 0 Å². The van der Waals surface area contributed by atoms with Crippen LogP contribution in [0, 0.1) is 0 Å². The van der Waals surface area contributed by atoms with Gasteiger partial charge in [0.1, 0.15) is 5.69 Å². The smallest absolute Gasteiger partial charge is 0.268 e. The van der Waals surface area contributed by atoms with Gasteiger partial charge in [0.05, 0.1) is 30.5 Å². The van der Waals surface area contributed by atoms with Crippen molar-refractivity contribution in [2.45, 2.75) is 26.1 Å². The number of aromatic nitrogens is 1. The van der Waals surface area contributed by atoms with E-state index in [0.717, 1.165) is 5.52 Å². The van der Waals surface area contributed by atoms with Crippen molar-refractivity contribution in [2.75, 3.05) is 19.6 Å². The summed E-state index contributed by atoms with van der Waals surface area (Å²) in [4.78, 5) is 26.3. The van der Waals surface area contributed by atoms with Crippen molar-refractivity contribution in [1.29, 1.82) is 0 Å². The Morgan fingerprint density at radius 1 is 1.30 bits per heavy atom. The molecule has 2 aromatic rings. The fraction of sp³-hybridized carbons (Fsp3) is 0.500. The highest BCUT2D eigenvalue weighted by atomic mass is 16.5. The molecule has 1 aliphatic rings. The molecule has 2 amide bonds. The van der Waals surface area contributed by atoms with Gasteiger partial charge in [-0.2, -0.15) is 0 Å². The zero-order chi connectivity index (χ0) is 16.6. The Labute approximate surface area is 134 Å². The number of hydrogen-bond donors (Lipinski definition) is 1. The fourth-order valence-electron chi connectivity index (χ4n) is 3.01. The monoisotopic (exact) mass is 319 g/mol. The Kier molecular flexibility index (Phi) is 4.12. The molecule has 1 aliphatic heterocycles. The molecule has 1 fully saturated rings. The quantitative estimate of drug-likeness (QED) is 0.920. The van der Waals surface area contributed by atoms with E-state index < -0.39 is 0 Å². The van der Waals surface area contributed by atoms with Crippen LogP contribution in [-0.2, 0) is 16.6 Å². The molecule has 23 heavy (non-hydrogen) atoms. The Balaban J connectivity index is 1.61. The lowest BCUT2D eigenvalue weighted by molar-refractivity contribution is -0.142. The zero-order valence-corrected chi connectivity index (χ0v) is 13.5. The lowest BCUT2D eigenvalue weighted by atomic mass is 10.2. The molecule has 7 nitrogen and oxygen atoms in total. The maximum Gasteiger partial charge on any atom is 0.268 e. The summed E-state index contributed by atoms with van der Waals surface area (Å²) in [7, 11) is 1.79. The van der Waals surface area contributed by atoms with Crippen molar-refractivity contribution < 1.29 is 18.7 Å². The predicted molar refractivity (Wildman–Crippen MR) is 84.1 cm³/mol. The lowest BCUT2D eigenvalue weighted by Gasteiger charge is -2.35. The molecule has 0 aliphatic carbocycles. The standard InChI is InChI=1S/C16H21N3O4/c1-10-8-19(9-11(2)23-10)15(20)7-17-16(21)13-6-14-12(18(13)3)4-5-22-14/h4-6,10-11H,7-9H2,1-3H3,(H,17,21). The highest BCUT2D eigenvalue weighted by Gasteiger charge is 2.26. The van der Waals surface area contributed by atoms with E-state index in [4.69, 9.17) is 9.15 Å². The SMILES string of the molecule is CC1CN(C(=O)CNC(=O)c2cc3occc3n2C)CC(C)O1. The molecule has 0 aromatic carbocycles. The first-order chi connectivity index (χ1) is 11.0. The number of hydrogen-bond acceptors (Lipinski definition) is 4. The number of furan rings is 1. The first-order valence-electron chi connectivity index (χ1n) is 7.70. The van der Waals surface area contributed by atoms with Gasteiger partial charge >= 0.3 is 0 Å². The fourth-order valence-corrected chi connectivity index (χ4v) is 3.01. The third-order valence-electron chi connectivity index (χ3n) is 4.07. The van der Waals surface area contributed by atoms with Crippen molar-refractivity contribution in [3.8, 4) is 0 Å². The van der Waals surface area contributed by atoms with Crippen LogP contribution in [0.15, 0.2) is 22.8 Å². The number of ether oxygens (including phenoxy) is 1. The number of amides is 2. The molecular weight excluding hydrogens is 298 g/mol. The molecule has 0 bridgehead atoms. The second kappa shape index (κ2) is 6.08. The summed E-state index contributed by atoms with van der Waals surface area (Å²) in [6.07, 6.45) is 1.60. The molecule has 2 aromatic heterocycles. The van der Waals surface area contributed by atoms with E-state index in [0.29, 0.717) is 24.4 Å². The highest BCUT2D eigenvalue weighted by molar-refractivity contribution is 5.99. The van der Waals surface area contributed by atoms with Crippen molar-refractivity contribution in [3.05, 3.63) is 24.1 Å². The van der Waals surface area contributed by atoms with Gasteiger partial charge in [-0.05, 0) is 13.8 Å². The third kappa shape index (κ3) is 3.10. The van der Waals surface area contributed by atoms with Crippen LogP contribution < -0.4 is 5.32 Å². The van der Waals surface area contributed by atoms with Crippen molar-refractivity contribution in [2.24, 2.45) is 7.05 Å². The van der Waals surface area contributed by atoms with Gasteiger partial charge < -0.3 is 23.9 Å². The summed E-state index contributed by atoms with van der Waals surface area (Å²) in [6, 6.07) is 3.47. The largest absolute Gasteiger partial charge is 0.463 e. The molecule has 0 saturated carbocycles. The molecule has 1 saturated heterocycles. The number of fused-ring (bicyclic) bond motifs is 1. The molecule has 0 spiro atoms. The number of aryl methyl sites for hydroxylation is 1. The maximum absolute atomic E-state index is 12.3. The molecule has 124 valence electrons. The third-order valence-corrected chi connectivity index (χ3v) is 4.07. The van der Waals surface area contributed by atoms with Gasteiger partial charge in [-0.25, -0.2) is 0 Å². The molecular formula is C16H21N3O4. The summed E-state index contributed by atoms with van der Waals surface area (Å²) in [6.45, 7) is 4.96. The Bertz CT molecular complexity index is 723. The minimum Gasteiger partial charge on any atom is -0.463 e. The summed E-state index contributed by atoms with van der Waals surface area (Å²) < 4.78 is 12.6. The van der Waals surface area contributed by atoms with E-state index in [1.54, 1.807) is 34.9 Å². The molecule has 0 radical (unpaired) electrons. The van der Waals surface area contributed by atoms with Crippen molar-refractivity contribution in [3.63, 3.8) is 0 Å². The normalized spacial score (nSPS) is 21.6. The summed E-state index contributed by atoms with van der Waals surface area (Å²) in [5.74, 6) is -0.389.